The first kappa shape index (κ1) is 17.1. The maximum Gasteiger partial charge on any atom is 0.291 e. The summed E-state index contributed by atoms with van der Waals surface area (Å²) in [7, 11) is 0. The van der Waals surface area contributed by atoms with Crippen LogP contribution in [-0.4, -0.2) is 40.7 Å². The Morgan fingerprint density at radius 3 is 2.89 bits per heavy atom. The van der Waals surface area contributed by atoms with Crippen LogP contribution in [0.5, 0.6) is 0 Å². The number of carbonyl (C=O) groups is 1. The highest BCUT2D eigenvalue weighted by molar-refractivity contribution is 7.23. The summed E-state index contributed by atoms with van der Waals surface area (Å²) in [6.07, 6.45) is 1.98. The molecule has 1 amide bonds. The Balaban J connectivity index is 1.85. The molecule has 2 aromatic heterocycles. The van der Waals surface area contributed by atoms with Gasteiger partial charge in [-0.1, -0.05) is 30.3 Å². The van der Waals surface area contributed by atoms with Gasteiger partial charge in [0.1, 0.15) is 27.4 Å². The number of amidine groups is 1. The monoisotopic (exact) mass is 380 g/mol. The molecule has 0 saturated carbocycles. The third-order valence-corrected chi connectivity index (χ3v) is 5.23. The number of aliphatic imine (C=N–C) groups is 1. The van der Waals surface area contributed by atoms with E-state index in [1.165, 1.54) is 22.3 Å². The number of nitrogens with one attached hydrogen (secondary N) is 2. The topological polar surface area (TPSA) is 101 Å². The van der Waals surface area contributed by atoms with Crippen molar-refractivity contribution in [3.8, 4) is 0 Å². The predicted molar refractivity (Wildman–Crippen MR) is 107 cm³/mol. The second kappa shape index (κ2) is 7.12. The number of hydrogen-bond acceptors (Lipinski definition) is 7. The Morgan fingerprint density at radius 2 is 2.19 bits per heavy atom. The highest BCUT2D eigenvalue weighted by Gasteiger charge is 2.22. The summed E-state index contributed by atoms with van der Waals surface area (Å²) < 4.78 is 1.64. The molecule has 9 heteroatoms. The summed E-state index contributed by atoms with van der Waals surface area (Å²) in [6, 6.07) is 9.60. The number of rotatable bonds is 5. The molecule has 27 heavy (non-hydrogen) atoms. The Labute approximate surface area is 158 Å². The van der Waals surface area contributed by atoms with E-state index in [9.17, 15) is 9.59 Å². The van der Waals surface area contributed by atoms with Crippen LogP contribution < -0.4 is 16.2 Å². The Hall–Kier alpha value is -3.33. The van der Waals surface area contributed by atoms with E-state index in [4.69, 9.17) is 0 Å². The number of anilines is 1. The molecule has 136 valence electrons. The Kier molecular flexibility index (Phi) is 4.51. The van der Waals surface area contributed by atoms with Crippen LogP contribution in [0.3, 0.4) is 0 Å². The van der Waals surface area contributed by atoms with Crippen molar-refractivity contribution in [2.45, 2.75) is 6.92 Å². The fourth-order valence-corrected chi connectivity index (χ4v) is 3.91. The molecule has 1 aliphatic rings. The highest BCUT2D eigenvalue weighted by atomic mass is 32.1. The summed E-state index contributed by atoms with van der Waals surface area (Å²) >= 11 is 1.17. The van der Waals surface area contributed by atoms with Crippen LogP contribution in [0.15, 0.2) is 51.5 Å². The van der Waals surface area contributed by atoms with Gasteiger partial charge in [0.25, 0.3) is 5.56 Å². The van der Waals surface area contributed by atoms with Crippen molar-refractivity contribution in [1.82, 2.24) is 15.0 Å². The van der Waals surface area contributed by atoms with E-state index in [-0.39, 0.29) is 5.56 Å². The van der Waals surface area contributed by atoms with Gasteiger partial charge >= 0.3 is 0 Å². The second-order valence-corrected chi connectivity index (χ2v) is 6.87. The molecule has 0 atom stereocenters. The molecule has 0 aliphatic carbocycles. The van der Waals surface area contributed by atoms with E-state index in [0.717, 1.165) is 5.56 Å². The van der Waals surface area contributed by atoms with Crippen LogP contribution in [0.25, 0.3) is 10.2 Å². The third-order valence-electron chi connectivity index (χ3n) is 4.13. The summed E-state index contributed by atoms with van der Waals surface area (Å²) in [4.78, 5) is 32.7. The fraction of sp³-hybridized carbons (Fsp3) is 0.167. The van der Waals surface area contributed by atoms with Gasteiger partial charge < -0.3 is 10.6 Å². The minimum atomic E-state index is -0.293. The maximum absolute atomic E-state index is 12.9. The lowest BCUT2D eigenvalue weighted by atomic mass is 10.1. The van der Waals surface area contributed by atoms with Gasteiger partial charge in [0.05, 0.1) is 17.8 Å². The average molecular weight is 380 g/mol. The van der Waals surface area contributed by atoms with Crippen molar-refractivity contribution in [2.75, 3.05) is 18.4 Å². The van der Waals surface area contributed by atoms with E-state index in [1.54, 1.807) is 0 Å². The maximum atomic E-state index is 12.9. The molecule has 0 saturated heterocycles. The number of amides is 1. The molecule has 1 aromatic carbocycles. The van der Waals surface area contributed by atoms with Crippen molar-refractivity contribution < 1.29 is 4.79 Å². The number of benzene rings is 1. The number of fused-ring (bicyclic) bond motifs is 1. The molecule has 0 unspecified atom stereocenters. The lowest BCUT2D eigenvalue weighted by Gasteiger charge is -2.04. The van der Waals surface area contributed by atoms with Crippen LogP contribution in [0.1, 0.15) is 18.1 Å². The van der Waals surface area contributed by atoms with Crippen LogP contribution in [0.4, 0.5) is 5.00 Å². The molecule has 0 spiro atoms. The van der Waals surface area contributed by atoms with Crippen molar-refractivity contribution in [1.29, 1.82) is 0 Å². The molecule has 1 aliphatic heterocycles. The van der Waals surface area contributed by atoms with Gasteiger partial charge in [0, 0.05) is 6.54 Å². The summed E-state index contributed by atoms with van der Waals surface area (Å²) in [5.74, 6) is 0.638. The molecule has 0 fully saturated rings. The van der Waals surface area contributed by atoms with Crippen LogP contribution in [-0.2, 0) is 4.79 Å². The van der Waals surface area contributed by atoms with Crippen LogP contribution >= 0.6 is 11.3 Å². The van der Waals surface area contributed by atoms with E-state index >= 15 is 0 Å². The second-order valence-electron chi connectivity index (χ2n) is 5.85. The molecule has 8 nitrogen and oxygen atoms in total. The van der Waals surface area contributed by atoms with Gasteiger partial charge in [-0.2, -0.15) is 9.78 Å². The Bertz CT molecular complexity index is 1130. The number of thiophene rings is 1. The lowest BCUT2D eigenvalue weighted by molar-refractivity contribution is -0.105. The standard InChI is InChI=1S/C18H16N6O2S/c1-11(12-5-3-2-4-6-12)23-24-9-21-14-13(16-19-7-8-20-16)17(22-10-25)27-15(14)18(24)26/h2-6,9-10H,7-8H2,1H3,(H,19,20)(H,22,25)/b23-11+. The molecular formula is C18H16N6O2S. The number of carbonyl (C=O) groups excluding carboxylic acids is 1. The third kappa shape index (κ3) is 3.13. The first-order valence-electron chi connectivity index (χ1n) is 8.33. The summed E-state index contributed by atoms with van der Waals surface area (Å²) in [6.45, 7) is 3.19. The van der Waals surface area contributed by atoms with E-state index in [1.807, 2.05) is 37.3 Å². The summed E-state index contributed by atoms with van der Waals surface area (Å²) in [5, 5.41) is 10.7. The first-order valence-corrected chi connectivity index (χ1v) is 9.14. The average Bonchev–Trinajstić information content (AvgIpc) is 3.33. The van der Waals surface area contributed by atoms with E-state index in [0.29, 0.717) is 51.8 Å². The number of hydrogen-bond donors (Lipinski definition) is 2. The van der Waals surface area contributed by atoms with Gasteiger partial charge in [0.2, 0.25) is 6.41 Å². The van der Waals surface area contributed by atoms with Gasteiger partial charge in [0.15, 0.2) is 0 Å². The quantitative estimate of drug-likeness (QED) is 0.519. The van der Waals surface area contributed by atoms with Crippen molar-refractivity contribution in [2.24, 2.45) is 10.1 Å². The van der Waals surface area contributed by atoms with Gasteiger partial charge in [-0.25, -0.2) is 4.98 Å². The van der Waals surface area contributed by atoms with Gasteiger partial charge in [-0.15, -0.1) is 11.3 Å². The van der Waals surface area contributed by atoms with Crippen LogP contribution in [0, 0.1) is 0 Å². The normalized spacial score (nSPS) is 14.1. The first-order chi connectivity index (χ1) is 13.2. The molecule has 0 radical (unpaired) electrons. The number of nitrogens with zero attached hydrogens (tertiary/aromatic N) is 4. The molecular weight excluding hydrogens is 364 g/mol. The molecule has 2 N–H and O–H groups in total. The molecule has 3 aromatic rings. The van der Waals surface area contributed by atoms with Gasteiger partial charge in [-0.05, 0) is 12.5 Å². The molecule has 3 heterocycles. The van der Waals surface area contributed by atoms with Gasteiger partial charge in [-0.3, -0.25) is 14.6 Å². The van der Waals surface area contributed by atoms with E-state index in [2.05, 4.69) is 25.7 Å². The minimum Gasteiger partial charge on any atom is -0.368 e. The fourth-order valence-electron chi connectivity index (χ4n) is 2.87. The molecule has 0 bridgehead atoms. The summed E-state index contributed by atoms with van der Waals surface area (Å²) in [5.41, 5.74) is 2.48. The predicted octanol–water partition coefficient (Wildman–Crippen LogP) is 1.65. The molecule has 4 rings (SSSR count). The zero-order chi connectivity index (χ0) is 18.8. The zero-order valence-corrected chi connectivity index (χ0v) is 15.3. The zero-order valence-electron chi connectivity index (χ0n) is 14.5. The van der Waals surface area contributed by atoms with E-state index < -0.39 is 0 Å². The van der Waals surface area contributed by atoms with Crippen molar-refractivity contribution in [3.05, 3.63) is 58.1 Å². The lowest BCUT2D eigenvalue weighted by Crippen LogP contribution is -2.21. The van der Waals surface area contributed by atoms with Crippen molar-refractivity contribution >= 4 is 44.5 Å². The van der Waals surface area contributed by atoms with Crippen molar-refractivity contribution in [3.63, 3.8) is 0 Å². The van der Waals surface area contributed by atoms with Crippen LogP contribution in [0.2, 0.25) is 0 Å². The SMILES string of the molecule is C/C(=N\n1cnc2c(C3=NCCN3)c(NC=O)sc2c1=O)c1ccccc1. The number of aromatic nitrogens is 2. The minimum absolute atomic E-state index is 0.293. The largest absolute Gasteiger partial charge is 0.368 e. The highest BCUT2D eigenvalue weighted by Crippen LogP contribution is 2.32. The Morgan fingerprint density at radius 1 is 1.37 bits per heavy atom. The smallest absolute Gasteiger partial charge is 0.291 e.